The van der Waals surface area contributed by atoms with E-state index in [0.717, 1.165) is 46.2 Å². The standard InChI is InChI=1S/C22H20N2OS/c1-14-9-10-20-18(11-14)19(13-23)22(26-20)24-21(25)12-16-7-4-6-15-5-2-3-8-17(15)16/h2-8,14H,9-12H2,1H3,(H,24,25)/t14-/m1/s1. The number of carbonyl (C=O) groups excluding carboxylic acids is 1. The quantitative estimate of drug-likeness (QED) is 0.708. The van der Waals surface area contributed by atoms with Crippen molar-refractivity contribution >= 4 is 33.0 Å². The summed E-state index contributed by atoms with van der Waals surface area (Å²) in [6, 6.07) is 16.4. The van der Waals surface area contributed by atoms with Crippen molar-refractivity contribution in [1.29, 1.82) is 5.26 Å². The summed E-state index contributed by atoms with van der Waals surface area (Å²) >= 11 is 1.58. The third kappa shape index (κ3) is 3.11. The number of fused-ring (bicyclic) bond motifs is 2. The van der Waals surface area contributed by atoms with E-state index in [0.29, 0.717) is 17.9 Å². The Balaban J connectivity index is 1.58. The van der Waals surface area contributed by atoms with E-state index in [-0.39, 0.29) is 5.91 Å². The maximum absolute atomic E-state index is 12.7. The van der Waals surface area contributed by atoms with E-state index in [1.165, 1.54) is 4.88 Å². The monoisotopic (exact) mass is 360 g/mol. The molecule has 0 fully saturated rings. The Kier molecular flexibility index (Phi) is 4.48. The zero-order chi connectivity index (χ0) is 18.1. The molecule has 0 aliphatic heterocycles. The Morgan fingerprint density at radius 2 is 2.08 bits per heavy atom. The average Bonchev–Trinajstić information content (AvgIpc) is 2.98. The Morgan fingerprint density at radius 1 is 1.27 bits per heavy atom. The van der Waals surface area contributed by atoms with E-state index < -0.39 is 0 Å². The summed E-state index contributed by atoms with van der Waals surface area (Å²) in [6.07, 6.45) is 3.41. The van der Waals surface area contributed by atoms with Gasteiger partial charge in [0.1, 0.15) is 11.1 Å². The number of hydrogen-bond donors (Lipinski definition) is 1. The van der Waals surface area contributed by atoms with E-state index in [2.05, 4.69) is 30.4 Å². The highest BCUT2D eigenvalue weighted by Gasteiger charge is 2.24. The molecule has 26 heavy (non-hydrogen) atoms. The minimum Gasteiger partial charge on any atom is -0.316 e. The molecule has 1 aromatic heterocycles. The van der Waals surface area contributed by atoms with E-state index >= 15 is 0 Å². The van der Waals surface area contributed by atoms with Crippen molar-refractivity contribution in [3.8, 4) is 6.07 Å². The SMILES string of the molecule is C[C@@H]1CCc2sc(NC(=O)Cc3cccc4ccccc34)c(C#N)c2C1. The zero-order valence-electron chi connectivity index (χ0n) is 14.7. The second kappa shape index (κ2) is 6.93. The van der Waals surface area contributed by atoms with Crippen molar-refractivity contribution < 1.29 is 4.79 Å². The predicted molar refractivity (Wildman–Crippen MR) is 107 cm³/mol. The summed E-state index contributed by atoms with van der Waals surface area (Å²) in [4.78, 5) is 13.9. The lowest BCUT2D eigenvalue weighted by Crippen LogP contribution is -2.14. The van der Waals surface area contributed by atoms with E-state index in [9.17, 15) is 10.1 Å². The molecule has 0 radical (unpaired) electrons. The number of carbonyl (C=O) groups is 1. The van der Waals surface area contributed by atoms with Gasteiger partial charge in [-0.3, -0.25) is 4.79 Å². The molecule has 1 aliphatic carbocycles. The van der Waals surface area contributed by atoms with Gasteiger partial charge in [0.05, 0.1) is 12.0 Å². The van der Waals surface area contributed by atoms with Crippen molar-refractivity contribution in [3.05, 3.63) is 64.0 Å². The van der Waals surface area contributed by atoms with Gasteiger partial charge in [0.15, 0.2) is 0 Å². The summed E-state index contributed by atoms with van der Waals surface area (Å²) in [5, 5.41) is 15.6. The van der Waals surface area contributed by atoms with Crippen molar-refractivity contribution in [2.45, 2.75) is 32.6 Å². The number of nitrogens with one attached hydrogen (secondary N) is 1. The normalized spacial score (nSPS) is 16.1. The van der Waals surface area contributed by atoms with E-state index in [4.69, 9.17) is 0 Å². The lowest BCUT2D eigenvalue weighted by molar-refractivity contribution is -0.115. The molecule has 0 unspecified atom stereocenters. The fourth-order valence-electron chi connectivity index (χ4n) is 3.75. The van der Waals surface area contributed by atoms with Crippen molar-refractivity contribution in [2.75, 3.05) is 5.32 Å². The molecule has 3 nitrogen and oxygen atoms in total. The molecule has 0 saturated heterocycles. The maximum Gasteiger partial charge on any atom is 0.229 e. The smallest absolute Gasteiger partial charge is 0.229 e. The Bertz CT molecular complexity index is 1020. The number of aryl methyl sites for hydroxylation is 1. The summed E-state index contributed by atoms with van der Waals surface area (Å²) in [5.74, 6) is 0.535. The third-order valence-electron chi connectivity index (χ3n) is 5.10. The number of anilines is 1. The van der Waals surface area contributed by atoms with Crippen molar-refractivity contribution in [3.63, 3.8) is 0 Å². The number of thiophene rings is 1. The Morgan fingerprint density at radius 3 is 2.92 bits per heavy atom. The number of nitriles is 1. The second-order valence-electron chi connectivity index (χ2n) is 7.03. The lowest BCUT2D eigenvalue weighted by atomic mass is 9.88. The van der Waals surface area contributed by atoms with E-state index in [1.54, 1.807) is 11.3 Å². The van der Waals surface area contributed by atoms with Gasteiger partial charge in [-0.2, -0.15) is 5.26 Å². The van der Waals surface area contributed by atoms with Gasteiger partial charge >= 0.3 is 0 Å². The van der Waals surface area contributed by atoms with Crippen LogP contribution in [0.3, 0.4) is 0 Å². The van der Waals surface area contributed by atoms with Gasteiger partial charge in [-0.1, -0.05) is 49.4 Å². The van der Waals surface area contributed by atoms with Crippen LogP contribution in [0, 0.1) is 17.2 Å². The largest absolute Gasteiger partial charge is 0.316 e. The zero-order valence-corrected chi connectivity index (χ0v) is 15.5. The molecule has 1 heterocycles. The maximum atomic E-state index is 12.7. The molecule has 1 atom stereocenters. The van der Waals surface area contributed by atoms with Gasteiger partial charge in [-0.15, -0.1) is 11.3 Å². The predicted octanol–water partition coefficient (Wildman–Crippen LogP) is 5.08. The molecule has 1 amide bonds. The molecule has 4 heteroatoms. The van der Waals surface area contributed by atoms with Crippen LogP contribution < -0.4 is 5.32 Å². The summed E-state index contributed by atoms with van der Waals surface area (Å²) in [6.45, 7) is 2.22. The van der Waals surface area contributed by atoms with Crippen LogP contribution in [0.25, 0.3) is 10.8 Å². The molecule has 0 spiro atoms. The molecular weight excluding hydrogens is 340 g/mol. The molecule has 0 saturated carbocycles. The Hall–Kier alpha value is -2.64. The highest BCUT2D eigenvalue weighted by atomic mass is 32.1. The minimum atomic E-state index is -0.0653. The van der Waals surface area contributed by atoms with Gasteiger partial charge in [0.25, 0.3) is 0 Å². The number of rotatable bonds is 3. The summed E-state index contributed by atoms with van der Waals surface area (Å²) in [7, 11) is 0. The fourth-order valence-corrected chi connectivity index (χ4v) is 4.97. The Labute approximate surface area is 157 Å². The van der Waals surface area contributed by atoms with Gasteiger partial charge in [-0.05, 0) is 47.1 Å². The molecule has 1 aliphatic rings. The van der Waals surface area contributed by atoms with Gasteiger partial charge in [0.2, 0.25) is 5.91 Å². The van der Waals surface area contributed by atoms with Crippen LogP contribution in [-0.2, 0) is 24.1 Å². The van der Waals surface area contributed by atoms with Crippen LogP contribution in [0.2, 0.25) is 0 Å². The number of hydrogen-bond acceptors (Lipinski definition) is 3. The minimum absolute atomic E-state index is 0.0653. The van der Waals surface area contributed by atoms with Crippen molar-refractivity contribution in [1.82, 2.24) is 0 Å². The van der Waals surface area contributed by atoms with Crippen LogP contribution in [0.4, 0.5) is 5.00 Å². The lowest BCUT2D eigenvalue weighted by Gasteiger charge is -2.17. The van der Waals surface area contributed by atoms with Crippen LogP contribution >= 0.6 is 11.3 Å². The van der Waals surface area contributed by atoms with Crippen molar-refractivity contribution in [2.24, 2.45) is 5.92 Å². The molecule has 3 aromatic rings. The van der Waals surface area contributed by atoms with E-state index in [1.807, 2.05) is 30.3 Å². The molecule has 1 N–H and O–H groups in total. The first-order valence-corrected chi connectivity index (χ1v) is 9.78. The third-order valence-corrected chi connectivity index (χ3v) is 6.31. The second-order valence-corrected chi connectivity index (χ2v) is 8.14. The first-order valence-electron chi connectivity index (χ1n) is 8.97. The topological polar surface area (TPSA) is 52.9 Å². The van der Waals surface area contributed by atoms with Crippen LogP contribution in [0.15, 0.2) is 42.5 Å². The molecular formula is C22H20N2OS. The molecule has 2 aromatic carbocycles. The first-order chi connectivity index (χ1) is 12.7. The number of benzene rings is 2. The highest BCUT2D eigenvalue weighted by Crippen LogP contribution is 2.39. The van der Waals surface area contributed by atoms with Gasteiger partial charge in [0, 0.05) is 4.88 Å². The molecule has 0 bridgehead atoms. The number of amides is 1. The average molecular weight is 360 g/mol. The summed E-state index contributed by atoms with van der Waals surface area (Å²) in [5.41, 5.74) is 2.83. The molecule has 130 valence electrons. The molecule has 4 rings (SSSR count). The number of nitrogens with zero attached hydrogens (tertiary/aromatic N) is 1. The first kappa shape index (κ1) is 16.8. The highest BCUT2D eigenvalue weighted by molar-refractivity contribution is 7.16. The van der Waals surface area contributed by atoms with Crippen LogP contribution in [0.5, 0.6) is 0 Å². The fraction of sp³-hybridized carbons (Fsp3) is 0.273. The van der Waals surface area contributed by atoms with Gasteiger partial charge < -0.3 is 5.32 Å². The van der Waals surface area contributed by atoms with Crippen LogP contribution in [0.1, 0.15) is 34.9 Å². The van der Waals surface area contributed by atoms with Gasteiger partial charge in [-0.25, -0.2) is 0 Å². The summed E-state index contributed by atoms with van der Waals surface area (Å²) < 4.78 is 0. The van der Waals surface area contributed by atoms with Crippen LogP contribution in [-0.4, -0.2) is 5.91 Å².